The van der Waals surface area contributed by atoms with Crippen molar-refractivity contribution in [3.63, 3.8) is 0 Å². The topological polar surface area (TPSA) is 114 Å². The maximum absolute atomic E-state index is 12.7. The number of carbonyl (C=O) groups excluding carboxylic acids is 1. The fraction of sp³-hybridized carbons (Fsp3) is 0.556. The van der Waals surface area contributed by atoms with E-state index < -0.39 is 0 Å². The predicted molar refractivity (Wildman–Crippen MR) is 101 cm³/mol. The average molecular weight is 384 g/mol. The summed E-state index contributed by atoms with van der Waals surface area (Å²) in [5, 5.41) is 11.1. The summed E-state index contributed by atoms with van der Waals surface area (Å²) in [5.41, 5.74) is 1.64. The fourth-order valence-corrected chi connectivity index (χ4v) is 3.86. The number of hydrogen-bond acceptors (Lipinski definition) is 6. The number of aryl methyl sites for hydroxylation is 2. The van der Waals surface area contributed by atoms with Crippen LogP contribution in [0.3, 0.4) is 0 Å². The number of nitrogens with zero attached hydrogens (tertiary/aromatic N) is 7. The number of nitrogens with one attached hydrogen (secondary N) is 1. The van der Waals surface area contributed by atoms with Crippen molar-refractivity contribution >= 4 is 11.7 Å². The molecule has 3 aromatic rings. The van der Waals surface area contributed by atoms with Crippen molar-refractivity contribution < 1.29 is 4.79 Å². The third-order valence-electron chi connectivity index (χ3n) is 5.29. The molecule has 0 radical (unpaired) electrons. The van der Waals surface area contributed by atoms with Gasteiger partial charge < -0.3 is 4.90 Å². The first-order valence-electron chi connectivity index (χ1n) is 9.59. The number of aromatic nitrogens is 7. The van der Waals surface area contributed by atoms with Gasteiger partial charge in [0.2, 0.25) is 5.91 Å². The van der Waals surface area contributed by atoms with Crippen LogP contribution in [0.1, 0.15) is 48.7 Å². The van der Waals surface area contributed by atoms with E-state index >= 15 is 0 Å². The molecule has 10 heteroatoms. The first-order valence-corrected chi connectivity index (χ1v) is 9.59. The molecule has 148 valence electrons. The molecular formula is C18H24N8O2. The van der Waals surface area contributed by atoms with E-state index in [-0.39, 0.29) is 23.9 Å². The van der Waals surface area contributed by atoms with Crippen LogP contribution in [-0.4, -0.2) is 58.2 Å². The lowest BCUT2D eigenvalue weighted by Crippen LogP contribution is -2.39. The Morgan fingerprint density at radius 3 is 2.71 bits per heavy atom. The number of fused-ring (bicyclic) bond motifs is 1. The predicted octanol–water partition coefficient (Wildman–Crippen LogP) is 0.595. The minimum Gasteiger partial charge on any atom is -0.342 e. The largest absolute Gasteiger partial charge is 0.343 e. The van der Waals surface area contributed by atoms with Gasteiger partial charge in [-0.05, 0) is 39.7 Å². The van der Waals surface area contributed by atoms with Gasteiger partial charge in [-0.1, -0.05) is 0 Å². The minimum atomic E-state index is -0.173. The number of aromatic amines is 1. The minimum absolute atomic E-state index is 0.0126. The van der Waals surface area contributed by atoms with Gasteiger partial charge in [0.15, 0.2) is 5.82 Å². The molecule has 0 aromatic carbocycles. The van der Waals surface area contributed by atoms with E-state index in [4.69, 9.17) is 0 Å². The molecular weight excluding hydrogens is 360 g/mol. The summed E-state index contributed by atoms with van der Waals surface area (Å²) in [4.78, 5) is 35.1. The molecule has 0 spiro atoms. The first-order chi connectivity index (χ1) is 13.5. The molecule has 1 amide bonds. The zero-order valence-corrected chi connectivity index (χ0v) is 16.3. The molecule has 0 bridgehead atoms. The second kappa shape index (κ2) is 7.17. The number of amides is 1. The Hall–Kier alpha value is -3.04. The molecule has 0 unspecified atom stereocenters. The summed E-state index contributed by atoms with van der Waals surface area (Å²) in [7, 11) is 0. The smallest absolute Gasteiger partial charge is 0.342 e. The molecule has 28 heavy (non-hydrogen) atoms. The maximum atomic E-state index is 12.7. The Balaban J connectivity index is 1.42. The van der Waals surface area contributed by atoms with Crippen LogP contribution in [0.15, 0.2) is 10.9 Å². The van der Waals surface area contributed by atoms with Gasteiger partial charge in [-0.2, -0.15) is 10.1 Å². The van der Waals surface area contributed by atoms with Gasteiger partial charge in [0.1, 0.15) is 5.82 Å². The number of hydrogen-bond donors (Lipinski definition) is 1. The summed E-state index contributed by atoms with van der Waals surface area (Å²) >= 11 is 0. The summed E-state index contributed by atoms with van der Waals surface area (Å²) in [6.45, 7) is 7.65. The van der Waals surface area contributed by atoms with Crippen molar-refractivity contribution in [2.75, 3.05) is 13.1 Å². The summed E-state index contributed by atoms with van der Waals surface area (Å²) < 4.78 is 3.34. The lowest BCUT2D eigenvalue weighted by molar-refractivity contribution is -0.131. The van der Waals surface area contributed by atoms with Crippen LogP contribution in [0.4, 0.5) is 0 Å². The first kappa shape index (κ1) is 18.3. The van der Waals surface area contributed by atoms with Gasteiger partial charge in [0.25, 0.3) is 5.78 Å². The lowest BCUT2D eigenvalue weighted by Gasteiger charge is -2.31. The van der Waals surface area contributed by atoms with E-state index in [1.165, 1.54) is 0 Å². The summed E-state index contributed by atoms with van der Waals surface area (Å²) in [6, 6.07) is 1.93. The van der Waals surface area contributed by atoms with E-state index in [0.717, 1.165) is 30.1 Å². The van der Waals surface area contributed by atoms with Gasteiger partial charge in [-0.15, -0.1) is 5.10 Å². The van der Waals surface area contributed by atoms with Gasteiger partial charge in [-0.3, -0.25) is 9.36 Å². The van der Waals surface area contributed by atoms with Crippen LogP contribution < -0.4 is 5.69 Å². The third kappa shape index (κ3) is 3.30. The van der Waals surface area contributed by atoms with E-state index in [1.807, 2.05) is 31.7 Å². The van der Waals surface area contributed by atoms with E-state index in [0.29, 0.717) is 31.2 Å². The molecule has 1 aliphatic heterocycles. The van der Waals surface area contributed by atoms with Gasteiger partial charge in [0, 0.05) is 36.9 Å². The van der Waals surface area contributed by atoms with Crippen molar-refractivity contribution in [1.82, 2.24) is 39.2 Å². The molecule has 0 saturated carbocycles. The monoisotopic (exact) mass is 384 g/mol. The number of likely N-dealkylation sites (tertiary alicyclic amines) is 1. The Kier molecular flexibility index (Phi) is 4.70. The number of piperidine rings is 1. The second-order valence-corrected chi connectivity index (χ2v) is 7.24. The SMILES string of the molecule is CCn1c(C2CCN(C(=O)Cc3nc4nc(C)cc(C)n4n3)CC2)n[nH]c1=O. The number of rotatable bonds is 4. The zero-order chi connectivity index (χ0) is 19.8. The van der Waals surface area contributed by atoms with Crippen LogP contribution in [0.2, 0.25) is 0 Å². The van der Waals surface area contributed by atoms with Gasteiger partial charge >= 0.3 is 5.69 Å². The highest BCUT2D eigenvalue weighted by atomic mass is 16.2. The van der Waals surface area contributed by atoms with Crippen LogP contribution in [0.5, 0.6) is 0 Å². The lowest BCUT2D eigenvalue weighted by atomic mass is 9.95. The Morgan fingerprint density at radius 2 is 2.00 bits per heavy atom. The van der Waals surface area contributed by atoms with Gasteiger partial charge in [-0.25, -0.2) is 19.4 Å². The molecule has 1 N–H and O–H groups in total. The van der Waals surface area contributed by atoms with E-state index in [1.54, 1.807) is 9.08 Å². The third-order valence-corrected chi connectivity index (χ3v) is 5.29. The van der Waals surface area contributed by atoms with Crippen molar-refractivity contribution in [2.45, 2.75) is 52.5 Å². The van der Waals surface area contributed by atoms with Crippen molar-refractivity contribution in [1.29, 1.82) is 0 Å². The van der Waals surface area contributed by atoms with E-state index in [9.17, 15) is 9.59 Å². The average Bonchev–Trinajstić information content (AvgIpc) is 3.24. The molecule has 1 saturated heterocycles. The Bertz CT molecular complexity index is 1070. The van der Waals surface area contributed by atoms with Crippen LogP contribution in [-0.2, 0) is 17.8 Å². The molecule has 0 aliphatic carbocycles. The Morgan fingerprint density at radius 1 is 1.25 bits per heavy atom. The van der Waals surface area contributed by atoms with Crippen LogP contribution in [0.25, 0.3) is 5.78 Å². The quantitative estimate of drug-likeness (QED) is 0.704. The Labute approximate surface area is 161 Å². The molecule has 0 atom stereocenters. The standard InChI is InChI=1S/C18H24N8O2/c1-4-25-16(21-22-18(25)28)13-5-7-24(8-6-13)15(27)10-14-20-17-19-11(2)9-12(3)26(17)23-14/h9,13H,4-8,10H2,1-3H3,(H,22,28). The molecule has 4 heterocycles. The highest BCUT2D eigenvalue weighted by Crippen LogP contribution is 2.26. The maximum Gasteiger partial charge on any atom is 0.343 e. The van der Waals surface area contributed by atoms with Crippen LogP contribution in [0, 0.1) is 13.8 Å². The van der Waals surface area contributed by atoms with Crippen molar-refractivity contribution in [3.8, 4) is 0 Å². The number of H-pyrrole nitrogens is 1. The fourth-order valence-electron chi connectivity index (χ4n) is 3.86. The molecule has 1 aliphatic rings. The highest BCUT2D eigenvalue weighted by molar-refractivity contribution is 5.78. The molecule has 10 nitrogen and oxygen atoms in total. The number of carbonyl (C=O) groups is 1. The van der Waals surface area contributed by atoms with Crippen molar-refractivity contribution in [2.24, 2.45) is 0 Å². The second-order valence-electron chi connectivity index (χ2n) is 7.24. The summed E-state index contributed by atoms with van der Waals surface area (Å²) in [6.07, 6.45) is 1.73. The van der Waals surface area contributed by atoms with E-state index in [2.05, 4.69) is 25.3 Å². The molecule has 4 rings (SSSR count). The summed E-state index contributed by atoms with van der Waals surface area (Å²) in [5.74, 6) is 2.00. The van der Waals surface area contributed by atoms with Gasteiger partial charge in [0.05, 0.1) is 6.42 Å². The molecule has 3 aromatic heterocycles. The zero-order valence-electron chi connectivity index (χ0n) is 16.3. The normalized spacial score (nSPS) is 15.5. The molecule has 1 fully saturated rings. The highest BCUT2D eigenvalue weighted by Gasteiger charge is 2.28. The van der Waals surface area contributed by atoms with Crippen LogP contribution >= 0.6 is 0 Å². The van der Waals surface area contributed by atoms with Crippen molar-refractivity contribution in [3.05, 3.63) is 39.6 Å².